The molecule has 0 aromatic heterocycles. The largest absolute Gasteiger partial charge is 1.00 e. The molecule has 0 bridgehead atoms. The first-order chi connectivity index (χ1) is 11.2. The number of unbranched alkanes of at least 4 members (excludes halogenated alkanes) is 10. The second kappa shape index (κ2) is 20.0. The van der Waals surface area contributed by atoms with Crippen LogP contribution in [0.25, 0.3) is 0 Å². The molecule has 0 fully saturated rings. The first-order valence-electron chi connectivity index (χ1n) is 11.1. The minimum atomic E-state index is 0. The zero-order chi connectivity index (χ0) is 17.2. The monoisotopic (exact) mass is 453 g/mol. The Balaban J connectivity index is 0. The number of hydrogen-bond donors (Lipinski definition) is 0. The summed E-state index contributed by atoms with van der Waals surface area (Å²) in [6, 6.07) is 0. The maximum Gasteiger partial charge on any atom is 0.0786 e. The van der Waals surface area contributed by atoms with Gasteiger partial charge in [0.15, 0.2) is 0 Å². The third kappa shape index (κ3) is 15.0. The van der Waals surface area contributed by atoms with Crippen LogP contribution in [0.5, 0.6) is 0 Å². The van der Waals surface area contributed by atoms with Crippen molar-refractivity contribution in [2.24, 2.45) is 0 Å². The first-order valence-corrected chi connectivity index (χ1v) is 11.1. The lowest BCUT2D eigenvalue weighted by Gasteiger charge is -2.39. The molecule has 148 valence electrons. The molecule has 0 aromatic carbocycles. The van der Waals surface area contributed by atoms with Crippen LogP contribution in [0.15, 0.2) is 0 Å². The maximum absolute atomic E-state index is 2.34. The van der Waals surface area contributed by atoms with E-state index in [9.17, 15) is 0 Å². The molecule has 0 aliphatic heterocycles. The summed E-state index contributed by atoms with van der Waals surface area (Å²) in [6.45, 7) is 15.2. The molecular formula is C22H48IN. The lowest BCUT2D eigenvalue weighted by Crippen LogP contribution is -3.00. The van der Waals surface area contributed by atoms with Crippen molar-refractivity contribution in [1.29, 1.82) is 0 Å². The topological polar surface area (TPSA) is 0 Å². The molecule has 0 aliphatic carbocycles. The quantitative estimate of drug-likeness (QED) is 0.165. The van der Waals surface area contributed by atoms with E-state index >= 15 is 0 Å². The van der Waals surface area contributed by atoms with Gasteiger partial charge in [-0.1, -0.05) is 66.2 Å². The van der Waals surface area contributed by atoms with Gasteiger partial charge in [0.05, 0.1) is 26.2 Å². The van der Waals surface area contributed by atoms with Gasteiger partial charge in [-0.05, 0) is 51.4 Å². The Labute approximate surface area is 172 Å². The van der Waals surface area contributed by atoms with E-state index in [1.54, 1.807) is 0 Å². The minimum absolute atomic E-state index is 0. The minimum Gasteiger partial charge on any atom is -1.00 e. The van der Waals surface area contributed by atoms with Crippen LogP contribution in [0.3, 0.4) is 0 Å². The van der Waals surface area contributed by atoms with Crippen molar-refractivity contribution in [2.45, 2.75) is 118 Å². The second-order valence-electron chi connectivity index (χ2n) is 7.77. The van der Waals surface area contributed by atoms with Crippen LogP contribution in [0.4, 0.5) is 0 Å². The van der Waals surface area contributed by atoms with Crippen LogP contribution < -0.4 is 24.0 Å². The van der Waals surface area contributed by atoms with E-state index in [0.717, 1.165) is 0 Å². The molecule has 0 spiro atoms. The summed E-state index contributed by atoms with van der Waals surface area (Å²) in [5.41, 5.74) is 0. The fraction of sp³-hybridized carbons (Fsp3) is 1.00. The van der Waals surface area contributed by atoms with Crippen molar-refractivity contribution >= 4 is 0 Å². The number of nitrogens with zero attached hydrogens (tertiary/aromatic N) is 1. The Morgan fingerprint density at radius 3 is 0.958 bits per heavy atom. The van der Waals surface area contributed by atoms with Gasteiger partial charge in [0.1, 0.15) is 0 Å². The molecule has 0 atom stereocenters. The summed E-state index contributed by atoms with van der Waals surface area (Å²) in [4.78, 5) is 0. The maximum atomic E-state index is 2.34. The van der Waals surface area contributed by atoms with Gasteiger partial charge in [0.25, 0.3) is 0 Å². The van der Waals surface area contributed by atoms with Crippen molar-refractivity contribution < 1.29 is 28.5 Å². The van der Waals surface area contributed by atoms with Gasteiger partial charge in [-0.3, -0.25) is 0 Å². The normalized spacial score (nSPS) is 11.5. The van der Waals surface area contributed by atoms with Gasteiger partial charge in [0.2, 0.25) is 0 Å². The summed E-state index contributed by atoms with van der Waals surface area (Å²) >= 11 is 0. The smallest absolute Gasteiger partial charge is 0.0786 e. The Morgan fingerprint density at radius 2 is 0.625 bits per heavy atom. The van der Waals surface area contributed by atoms with E-state index in [1.165, 1.54) is 121 Å². The highest BCUT2D eigenvalue weighted by molar-refractivity contribution is 4.52. The summed E-state index contributed by atoms with van der Waals surface area (Å²) in [6.07, 6.45) is 19.9. The standard InChI is InChI=1S/C22H48N.HI/c1-5-9-13-14-18-22-23(19-15-10-6-2,20-16-11-7-3)21-17-12-8-4;/h5-22H2,1-4H3;1H/q+1;/p-1. The molecule has 0 heterocycles. The predicted molar refractivity (Wildman–Crippen MR) is 107 cm³/mol. The van der Waals surface area contributed by atoms with E-state index < -0.39 is 0 Å². The van der Waals surface area contributed by atoms with E-state index in [2.05, 4.69) is 27.7 Å². The average molecular weight is 454 g/mol. The Bertz CT molecular complexity index is 203. The number of rotatable bonds is 18. The van der Waals surface area contributed by atoms with Crippen molar-refractivity contribution in [1.82, 2.24) is 0 Å². The zero-order valence-electron chi connectivity index (χ0n) is 17.6. The Hall–Kier alpha value is 0.690. The predicted octanol–water partition coefficient (Wildman–Crippen LogP) is 4.35. The molecule has 0 unspecified atom stereocenters. The van der Waals surface area contributed by atoms with Crippen LogP contribution >= 0.6 is 0 Å². The molecule has 24 heavy (non-hydrogen) atoms. The van der Waals surface area contributed by atoms with Crippen molar-refractivity contribution in [3.63, 3.8) is 0 Å². The molecule has 0 radical (unpaired) electrons. The van der Waals surface area contributed by atoms with E-state index in [4.69, 9.17) is 0 Å². The Kier molecular flexibility index (Phi) is 22.4. The molecule has 0 N–H and O–H groups in total. The fourth-order valence-corrected chi connectivity index (χ4v) is 3.81. The van der Waals surface area contributed by atoms with Crippen LogP contribution in [0, 0.1) is 0 Å². The molecule has 0 saturated carbocycles. The highest BCUT2D eigenvalue weighted by atomic mass is 127. The third-order valence-corrected chi connectivity index (χ3v) is 5.44. The van der Waals surface area contributed by atoms with Crippen molar-refractivity contribution in [2.75, 3.05) is 26.2 Å². The molecule has 0 rings (SSSR count). The molecule has 2 heteroatoms. The van der Waals surface area contributed by atoms with Crippen molar-refractivity contribution in [3.05, 3.63) is 0 Å². The third-order valence-electron chi connectivity index (χ3n) is 5.44. The first kappa shape index (κ1) is 26.9. The van der Waals surface area contributed by atoms with Crippen LogP contribution in [-0.2, 0) is 0 Å². The molecular weight excluding hydrogens is 405 g/mol. The van der Waals surface area contributed by atoms with Crippen LogP contribution in [0.2, 0.25) is 0 Å². The zero-order valence-corrected chi connectivity index (χ0v) is 19.7. The Morgan fingerprint density at radius 1 is 0.375 bits per heavy atom. The highest BCUT2D eigenvalue weighted by Gasteiger charge is 2.25. The summed E-state index contributed by atoms with van der Waals surface area (Å²) < 4.78 is 1.45. The lowest BCUT2D eigenvalue weighted by atomic mass is 10.1. The molecule has 1 nitrogen and oxygen atoms in total. The number of hydrogen-bond acceptors (Lipinski definition) is 0. The van der Waals surface area contributed by atoms with Gasteiger partial charge >= 0.3 is 0 Å². The van der Waals surface area contributed by atoms with E-state index in [0.29, 0.717) is 0 Å². The van der Waals surface area contributed by atoms with Gasteiger partial charge in [-0.2, -0.15) is 0 Å². The van der Waals surface area contributed by atoms with Gasteiger partial charge < -0.3 is 28.5 Å². The molecule has 0 aliphatic rings. The van der Waals surface area contributed by atoms with Gasteiger partial charge in [-0.25, -0.2) is 0 Å². The summed E-state index contributed by atoms with van der Waals surface area (Å²) in [5, 5.41) is 0. The van der Waals surface area contributed by atoms with Gasteiger partial charge in [0, 0.05) is 0 Å². The summed E-state index contributed by atoms with van der Waals surface area (Å²) in [7, 11) is 0. The number of quaternary nitrogens is 1. The summed E-state index contributed by atoms with van der Waals surface area (Å²) in [5.74, 6) is 0. The van der Waals surface area contributed by atoms with Gasteiger partial charge in [-0.15, -0.1) is 0 Å². The fourth-order valence-electron chi connectivity index (χ4n) is 3.81. The SMILES string of the molecule is CCCCCCC[N+](CCCCC)(CCCCC)CCCCC.[I-]. The average Bonchev–Trinajstić information content (AvgIpc) is 2.55. The van der Waals surface area contributed by atoms with Crippen LogP contribution in [0.1, 0.15) is 118 Å². The second-order valence-corrected chi connectivity index (χ2v) is 7.77. The molecule has 0 saturated heterocycles. The molecule has 0 aromatic rings. The van der Waals surface area contributed by atoms with Crippen LogP contribution in [-0.4, -0.2) is 30.7 Å². The van der Waals surface area contributed by atoms with E-state index in [-0.39, 0.29) is 24.0 Å². The lowest BCUT2D eigenvalue weighted by molar-refractivity contribution is -0.929. The van der Waals surface area contributed by atoms with E-state index in [1.807, 2.05) is 0 Å². The number of halogens is 1. The molecule has 0 amide bonds. The highest BCUT2D eigenvalue weighted by Crippen LogP contribution is 2.18. The van der Waals surface area contributed by atoms with Crippen molar-refractivity contribution in [3.8, 4) is 0 Å².